The van der Waals surface area contributed by atoms with Crippen LogP contribution in [0, 0.1) is 0 Å². The number of carbonyl (C=O) groups excluding carboxylic acids is 2. The maximum atomic E-state index is 11.8. The molecular weight excluding hydrogens is 222 g/mol. The van der Waals surface area contributed by atoms with Crippen LogP contribution >= 0.6 is 0 Å². The Balaban J connectivity index is 2.24. The Bertz CT molecular complexity index is 271. The highest BCUT2D eigenvalue weighted by Crippen LogP contribution is 2.11. The van der Waals surface area contributed by atoms with Crippen molar-refractivity contribution in [3.8, 4) is 0 Å². The average molecular weight is 243 g/mol. The standard InChI is InChI=1S/C11H21N3O3/c1-17-11(16)13-9-5-7-14(8-9)10(15)4-2-3-6-12/h9H,2-8,12H2,1H3,(H,13,16). The lowest BCUT2D eigenvalue weighted by molar-refractivity contribution is -0.130. The van der Waals surface area contributed by atoms with Crippen LogP contribution in [0.1, 0.15) is 25.7 Å². The number of methoxy groups -OCH3 is 1. The second kappa shape index (κ2) is 7.11. The molecule has 2 amide bonds. The van der Waals surface area contributed by atoms with Crippen molar-refractivity contribution in [2.75, 3.05) is 26.7 Å². The van der Waals surface area contributed by atoms with Crippen LogP contribution in [0.15, 0.2) is 0 Å². The zero-order valence-corrected chi connectivity index (χ0v) is 10.3. The molecule has 0 spiro atoms. The fourth-order valence-electron chi connectivity index (χ4n) is 1.91. The molecule has 98 valence electrons. The molecule has 0 aromatic heterocycles. The van der Waals surface area contributed by atoms with E-state index in [0.29, 0.717) is 26.1 Å². The van der Waals surface area contributed by atoms with Gasteiger partial charge in [-0.2, -0.15) is 0 Å². The quantitative estimate of drug-likeness (QED) is 0.669. The maximum Gasteiger partial charge on any atom is 0.407 e. The number of ether oxygens (including phenoxy) is 1. The Morgan fingerprint density at radius 1 is 1.47 bits per heavy atom. The first-order valence-corrected chi connectivity index (χ1v) is 5.99. The highest BCUT2D eigenvalue weighted by atomic mass is 16.5. The van der Waals surface area contributed by atoms with Crippen LogP contribution in [0.3, 0.4) is 0 Å². The highest BCUT2D eigenvalue weighted by Gasteiger charge is 2.26. The molecule has 0 bridgehead atoms. The van der Waals surface area contributed by atoms with Crippen molar-refractivity contribution >= 4 is 12.0 Å². The number of amides is 2. The van der Waals surface area contributed by atoms with Crippen LogP contribution in [0.2, 0.25) is 0 Å². The first-order valence-electron chi connectivity index (χ1n) is 5.99. The van der Waals surface area contributed by atoms with Crippen molar-refractivity contribution in [3.05, 3.63) is 0 Å². The summed E-state index contributed by atoms with van der Waals surface area (Å²) in [6, 6.07) is 0.0147. The smallest absolute Gasteiger partial charge is 0.407 e. The van der Waals surface area contributed by atoms with E-state index in [9.17, 15) is 9.59 Å². The summed E-state index contributed by atoms with van der Waals surface area (Å²) in [5.41, 5.74) is 5.37. The summed E-state index contributed by atoms with van der Waals surface area (Å²) in [7, 11) is 1.33. The van der Waals surface area contributed by atoms with Crippen molar-refractivity contribution in [1.29, 1.82) is 0 Å². The summed E-state index contributed by atoms with van der Waals surface area (Å²) in [4.78, 5) is 24.6. The van der Waals surface area contributed by atoms with Gasteiger partial charge in [-0.1, -0.05) is 0 Å². The van der Waals surface area contributed by atoms with Crippen molar-refractivity contribution in [3.63, 3.8) is 0 Å². The van der Waals surface area contributed by atoms with Crippen LogP contribution in [0.25, 0.3) is 0 Å². The van der Waals surface area contributed by atoms with Crippen molar-refractivity contribution in [2.24, 2.45) is 5.73 Å². The second-order valence-corrected chi connectivity index (χ2v) is 4.21. The number of rotatable bonds is 5. The normalized spacial score (nSPS) is 19.2. The number of hydrogen-bond donors (Lipinski definition) is 2. The number of nitrogens with one attached hydrogen (secondary N) is 1. The molecule has 0 aromatic carbocycles. The number of likely N-dealkylation sites (tertiary alicyclic amines) is 1. The maximum absolute atomic E-state index is 11.8. The van der Waals surface area contributed by atoms with Crippen molar-refractivity contribution < 1.29 is 14.3 Å². The molecule has 0 aromatic rings. The minimum atomic E-state index is -0.438. The number of nitrogens with zero attached hydrogens (tertiary/aromatic N) is 1. The summed E-state index contributed by atoms with van der Waals surface area (Å²) >= 11 is 0. The van der Waals surface area contributed by atoms with E-state index in [4.69, 9.17) is 5.73 Å². The van der Waals surface area contributed by atoms with Crippen LogP contribution in [-0.4, -0.2) is 49.7 Å². The predicted molar refractivity (Wildman–Crippen MR) is 63.4 cm³/mol. The monoisotopic (exact) mass is 243 g/mol. The molecule has 3 N–H and O–H groups in total. The summed E-state index contributed by atoms with van der Waals surface area (Å²) < 4.78 is 4.52. The first kappa shape index (κ1) is 13.8. The topological polar surface area (TPSA) is 84.7 Å². The Morgan fingerprint density at radius 3 is 2.88 bits per heavy atom. The van der Waals surface area contributed by atoms with E-state index in [1.807, 2.05) is 0 Å². The number of alkyl carbamates (subject to hydrolysis) is 1. The molecule has 0 saturated carbocycles. The van der Waals surface area contributed by atoms with Crippen LogP contribution in [-0.2, 0) is 9.53 Å². The molecular formula is C11H21N3O3. The largest absolute Gasteiger partial charge is 0.453 e. The minimum absolute atomic E-state index is 0.0147. The van der Waals surface area contributed by atoms with Gasteiger partial charge in [-0.3, -0.25) is 4.79 Å². The summed E-state index contributed by atoms with van der Waals surface area (Å²) in [5.74, 6) is 0.146. The van der Waals surface area contributed by atoms with E-state index >= 15 is 0 Å². The predicted octanol–water partition coefficient (Wildman–Crippen LogP) is 0.0723. The molecule has 1 aliphatic heterocycles. The minimum Gasteiger partial charge on any atom is -0.453 e. The Morgan fingerprint density at radius 2 is 2.24 bits per heavy atom. The number of carbonyl (C=O) groups is 2. The van der Waals surface area contributed by atoms with Gasteiger partial charge in [-0.25, -0.2) is 4.79 Å². The molecule has 1 fully saturated rings. The van der Waals surface area contributed by atoms with E-state index in [-0.39, 0.29) is 11.9 Å². The third kappa shape index (κ3) is 4.60. The van der Waals surface area contributed by atoms with Crippen molar-refractivity contribution in [1.82, 2.24) is 10.2 Å². The van der Waals surface area contributed by atoms with Gasteiger partial charge in [0, 0.05) is 19.5 Å². The molecule has 6 nitrogen and oxygen atoms in total. The van der Waals surface area contributed by atoms with E-state index in [1.165, 1.54) is 7.11 Å². The van der Waals surface area contributed by atoms with Gasteiger partial charge >= 0.3 is 6.09 Å². The van der Waals surface area contributed by atoms with Crippen LogP contribution in [0.5, 0.6) is 0 Å². The van der Waals surface area contributed by atoms with E-state index in [2.05, 4.69) is 10.1 Å². The molecule has 1 aliphatic rings. The molecule has 0 aliphatic carbocycles. The van der Waals surface area contributed by atoms with Gasteiger partial charge in [0.15, 0.2) is 0 Å². The Kier molecular flexibility index (Phi) is 5.76. The molecule has 1 atom stereocenters. The molecule has 1 rings (SSSR count). The van der Waals surface area contributed by atoms with E-state index in [1.54, 1.807) is 4.90 Å². The lowest BCUT2D eigenvalue weighted by atomic mass is 10.2. The highest BCUT2D eigenvalue weighted by molar-refractivity contribution is 5.76. The summed E-state index contributed by atoms with van der Waals surface area (Å²) in [6.45, 7) is 1.91. The summed E-state index contributed by atoms with van der Waals surface area (Å²) in [6.07, 6.45) is 2.61. The van der Waals surface area contributed by atoms with Gasteiger partial charge in [0.25, 0.3) is 0 Å². The first-order chi connectivity index (χ1) is 8.17. The average Bonchev–Trinajstić information content (AvgIpc) is 2.77. The van der Waals surface area contributed by atoms with Gasteiger partial charge in [-0.05, 0) is 25.8 Å². The molecule has 1 saturated heterocycles. The van der Waals surface area contributed by atoms with E-state index < -0.39 is 6.09 Å². The lowest BCUT2D eigenvalue weighted by Crippen LogP contribution is -2.38. The fraction of sp³-hybridized carbons (Fsp3) is 0.818. The number of nitrogens with two attached hydrogens (primary N) is 1. The Hall–Kier alpha value is -1.30. The zero-order chi connectivity index (χ0) is 12.7. The molecule has 1 unspecified atom stereocenters. The third-order valence-electron chi connectivity index (χ3n) is 2.89. The van der Waals surface area contributed by atoms with Crippen molar-refractivity contribution in [2.45, 2.75) is 31.7 Å². The SMILES string of the molecule is COC(=O)NC1CCN(C(=O)CCCCN)C1. The van der Waals surface area contributed by atoms with Gasteiger partial charge in [0.2, 0.25) is 5.91 Å². The Labute approximate surface area is 101 Å². The lowest BCUT2D eigenvalue weighted by Gasteiger charge is -2.16. The zero-order valence-electron chi connectivity index (χ0n) is 10.3. The second-order valence-electron chi connectivity index (χ2n) is 4.21. The number of unbranched alkanes of at least 4 members (excludes halogenated alkanes) is 1. The van der Waals surface area contributed by atoms with Gasteiger partial charge in [-0.15, -0.1) is 0 Å². The molecule has 17 heavy (non-hydrogen) atoms. The van der Waals surface area contributed by atoms with E-state index in [0.717, 1.165) is 19.3 Å². The van der Waals surface area contributed by atoms with Crippen LogP contribution < -0.4 is 11.1 Å². The van der Waals surface area contributed by atoms with Gasteiger partial charge in [0.05, 0.1) is 13.2 Å². The fourth-order valence-corrected chi connectivity index (χ4v) is 1.91. The number of hydrogen-bond acceptors (Lipinski definition) is 4. The van der Waals surface area contributed by atoms with Gasteiger partial charge < -0.3 is 20.7 Å². The van der Waals surface area contributed by atoms with Gasteiger partial charge in [0.1, 0.15) is 0 Å². The molecule has 6 heteroatoms. The van der Waals surface area contributed by atoms with Crippen LogP contribution in [0.4, 0.5) is 4.79 Å². The third-order valence-corrected chi connectivity index (χ3v) is 2.89. The summed E-state index contributed by atoms with van der Waals surface area (Å²) in [5, 5.41) is 2.71. The molecule has 1 heterocycles. The molecule has 0 radical (unpaired) electrons.